The Morgan fingerprint density at radius 2 is 2.17 bits per heavy atom. The maximum atomic E-state index is 12.8. The average molecular weight is 482 g/mol. The number of unbranched alkanes of at least 4 members (excludes halogenated alkanes) is 1. The number of halogens is 1. The van der Waals surface area contributed by atoms with E-state index in [9.17, 15) is 4.79 Å². The van der Waals surface area contributed by atoms with Crippen molar-refractivity contribution in [2.24, 2.45) is 5.16 Å². The molecular formula is C21H28BrN3O3S. The highest BCUT2D eigenvalue weighted by Gasteiger charge is 2.26. The van der Waals surface area contributed by atoms with Crippen LogP contribution in [0, 0.1) is 6.92 Å². The number of aromatic nitrogens is 1. The van der Waals surface area contributed by atoms with Crippen LogP contribution in [-0.4, -0.2) is 40.9 Å². The molecule has 0 radical (unpaired) electrons. The minimum atomic E-state index is -0.694. The lowest BCUT2D eigenvalue weighted by molar-refractivity contribution is -0.125. The van der Waals surface area contributed by atoms with Crippen molar-refractivity contribution in [3.8, 4) is 5.75 Å². The van der Waals surface area contributed by atoms with Crippen LogP contribution in [0.1, 0.15) is 39.2 Å². The fraction of sp³-hybridized carbons (Fsp3) is 0.476. The second-order valence-electron chi connectivity index (χ2n) is 7.28. The minimum absolute atomic E-state index is 0.229. The van der Waals surface area contributed by atoms with Crippen LogP contribution in [0.3, 0.4) is 0 Å². The number of aryl methyl sites for hydroxylation is 1. The standard InChI is InChI=1S/C21H28BrN3O3S/c1-6-7-8-27-24-13-21(3,4)25-19(26)20(29-5)28-17-9-14(2)18-15(11-17)10-16(22)12-23-18/h9-13,20H,6-8H2,1-5H3,(H,25,26)/b24-13+. The Kier molecular flexibility index (Phi) is 8.77. The zero-order valence-electron chi connectivity index (χ0n) is 17.5. The number of amides is 1. The van der Waals surface area contributed by atoms with E-state index in [1.165, 1.54) is 11.8 Å². The Labute approximate surface area is 184 Å². The summed E-state index contributed by atoms with van der Waals surface area (Å²) in [6.07, 6.45) is 7.20. The van der Waals surface area contributed by atoms with Crippen LogP contribution in [-0.2, 0) is 9.63 Å². The van der Waals surface area contributed by atoms with Crippen molar-refractivity contribution in [3.63, 3.8) is 0 Å². The van der Waals surface area contributed by atoms with Crippen molar-refractivity contribution in [2.75, 3.05) is 12.9 Å². The highest BCUT2D eigenvalue weighted by atomic mass is 79.9. The summed E-state index contributed by atoms with van der Waals surface area (Å²) >= 11 is 4.77. The van der Waals surface area contributed by atoms with E-state index in [4.69, 9.17) is 9.57 Å². The summed E-state index contributed by atoms with van der Waals surface area (Å²) in [6, 6.07) is 5.77. The predicted molar refractivity (Wildman–Crippen MR) is 124 cm³/mol. The number of benzene rings is 1. The zero-order valence-corrected chi connectivity index (χ0v) is 19.9. The first-order valence-electron chi connectivity index (χ1n) is 9.49. The molecule has 0 fully saturated rings. The van der Waals surface area contributed by atoms with Gasteiger partial charge in [-0.2, -0.15) is 0 Å². The van der Waals surface area contributed by atoms with Crippen molar-refractivity contribution in [3.05, 3.63) is 34.4 Å². The lowest BCUT2D eigenvalue weighted by Crippen LogP contribution is -2.49. The normalized spacial score (nSPS) is 12.9. The molecule has 1 aromatic heterocycles. The Morgan fingerprint density at radius 3 is 2.86 bits per heavy atom. The van der Waals surface area contributed by atoms with Gasteiger partial charge in [-0.25, -0.2) is 0 Å². The minimum Gasteiger partial charge on any atom is -0.470 e. The first-order valence-corrected chi connectivity index (χ1v) is 11.6. The first kappa shape index (κ1) is 23.5. The number of ether oxygens (including phenoxy) is 1. The van der Waals surface area contributed by atoms with Gasteiger partial charge in [0.2, 0.25) is 5.44 Å². The van der Waals surface area contributed by atoms with Crippen molar-refractivity contribution < 1.29 is 14.4 Å². The fourth-order valence-corrected chi connectivity index (χ4v) is 3.44. The highest BCUT2D eigenvalue weighted by molar-refractivity contribution is 9.10. The third-order valence-corrected chi connectivity index (χ3v) is 5.24. The van der Waals surface area contributed by atoms with Gasteiger partial charge < -0.3 is 14.9 Å². The number of hydrogen-bond acceptors (Lipinski definition) is 6. The molecule has 0 aliphatic heterocycles. The van der Waals surface area contributed by atoms with E-state index in [1.807, 2.05) is 45.2 Å². The molecule has 8 heteroatoms. The summed E-state index contributed by atoms with van der Waals surface area (Å²) in [6.45, 7) is 8.35. The summed E-state index contributed by atoms with van der Waals surface area (Å²) in [7, 11) is 0. The average Bonchev–Trinajstić information content (AvgIpc) is 2.65. The molecule has 0 saturated heterocycles. The van der Waals surface area contributed by atoms with Crippen molar-refractivity contribution >= 4 is 50.7 Å². The van der Waals surface area contributed by atoms with Gasteiger partial charge in [0.15, 0.2) is 0 Å². The number of oxime groups is 1. The van der Waals surface area contributed by atoms with Gasteiger partial charge in [0, 0.05) is 16.1 Å². The van der Waals surface area contributed by atoms with Gasteiger partial charge >= 0.3 is 0 Å². The number of fused-ring (bicyclic) bond motifs is 1. The molecular weight excluding hydrogens is 454 g/mol. The summed E-state index contributed by atoms with van der Waals surface area (Å²) in [5.74, 6) is 0.395. The zero-order chi connectivity index (χ0) is 21.4. The molecule has 2 rings (SSSR count). The van der Waals surface area contributed by atoms with Crippen LogP contribution in [0.5, 0.6) is 5.75 Å². The quantitative estimate of drug-likeness (QED) is 0.222. The van der Waals surface area contributed by atoms with E-state index in [1.54, 1.807) is 12.4 Å². The number of pyridine rings is 1. The first-order chi connectivity index (χ1) is 13.8. The molecule has 1 aromatic carbocycles. The van der Waals surface area contributed by atoms with Gasteiger partial charge in [0.25, 0.3) is 5.91 Å². The van der Waals surface area contributed by atoms with E-state index < -0.39 is 11.0 Å². The molecule has 2 aromatic rings. The topological polar surface area (TPSA) is 72.8 Å². The Morgan fingerprint density at radius 1 is 1.41 bits per heavy atom. The monoisotopic (exact) mass is 481 g/mol. The molecule has 0 saturated carbocycles. The highest BCUT2D eigenvalue weighted by Crippen LogP contribution is 2.27. The molecule has 0 spiro atoms. The molecule has 1 unspecified atom stereocenters. The molecule has 0 aliphatic rings. The third kappa shape index (κ3) is 7.19. The molecule has 1 N–H and O–H groups in total. The molecule has 0 bridgehead atoms. The molecule has 6 nitrogen and oxygen atoms in total. The van der Waals surface area contributed by atoms with Crippen LogP contribution in [0.25, 0.3) is 10.9 Å². The van der Waals surface area contributed by atoms with Gasteiger partial charge in [-0.1, -0.05) is 18.5 Å². The van der Waals surface area contributed by atoms with Gasteiger partial charge in [0.05, 0.1) is 17.3 Å². The largest absolute Gasteiger partial charge is 0.470 e. The summed E-state index contributed by atoms with van der Waals surface area (Å²) in [5, 5.41) is 7.85. The number of rotatable bonds is 10. The molecule has 29 heavy (non-hydrogen) atoms. The van der Waals surface area contributed by atoms with Gasteiger partial charge in [0.1, 0.15) is 12.4 Å². The fourth-order valence-electron chi connectivity index (χ4n) is 2.61. The summed E-state index contributed by atoms with van der Waals surface area (Å²) in [5.41, 5.74) is 0.545. The molecule has 158 valence electrons. The molecule has 1 amide bonds. The van der Waals surface area contributed by atoms with E-state index in [2.05, 4.69) is 38.3 Å². The Bertz CT molecular complexity index is 874. The van der Waals surface area contributed by atoms with Crippen LogP contribution in [0.4, 0.5) is 0 Å². The van der Waals surface area contributed by atoms with Crippen molar-refractivity contribution in [1.29, 1.82) is 0 Å². The van der Waals surface area contributed by atoms with E-state index in [-0.39, 0.29) is 5.91 Å². The number of nitrogens with one attached hydrogen (secondary N) is 1. The maximum absolute atomic E-state index is 12.8. The van der Waals surface area contributed by atoms with Crippen LogP contribution in [0.15, 0.2) is 34.0 Å². The number of thioether (sulfide) groups is 1. The van der Waals surface area contributed by atoms with Crippen LogP contribution >= 0.6 is 27.7 Å². The molecule has 1 heterocycles. The van der Waals surface area contributed by atoms with Crippen LogP contribution in [0.2, 0.25) is 0 Å². The number of nitrogens with zero attached hydrogens (tertiary/aromatic N) is 2. The molecule has 1 atom stereocenters. The smallest absolute Gasteiger partial charge is 0.272 e. The van der Waals surface area contributed by atoms with Crippen molar-refractivity contribution in [1.82, 2.24) is 10.3 Å². The Balaban J connectivity index is 2.07. The third-order valence-electron chi connectivity index (χ3n) is 4.07. The second kappa shape index (κ2) is 10.8. The van der Waals surface area contributed by atoms with Crippen LogP contribution < -0.4 is 10.1 Å². The Hall–Kier alpha value is -1.80. The summed E-state index contributed by atoms with van der Waals surface area (Å²) < 4.78 is 6.88. The predicted octanol–water partition coefficient (Wildman–Crippen LogP) is 5.07. The summed E-state index contributed by atoms with van der Waals surface area (Å²) in [4.78, 5) is 22.4. The lowest BCUT2D eigenvalue weighted by atomic mass is 10.1. The lowest BCUT2D eigenvalue weighted by Gasteiger charge is -2.25. The number of carbonyl (C=O) groups is 1. The van der Waals surface area contributed by atoms with E-state index in [0.717, 1.165) is 33.8 Å². The van der Waals surface area contributed by atoms with Crippen molar-refractivity contribution in [2.45, 2.75) is 51.5 Å². The van der Waals surface area contributed by atoms with Gasteiger partial charge in [-0.15, -0.1) is 11.8 Å². The van der Waals surface area contributed by atoms with E-state index in [0.29, 0.717) is 12.4 Å². The maximum Gasteiger partial charge on any atom is 0.272 e. The van der Waals surface area contributed by atoms with Gasteiger partial charge in [-0.3, -0.25) is 9.78 Å². The number of carbonyl (C=O) groups excluding carboxylic acids is 1. The number of hydrogen-bond donors (Lipinski definition) is 1. The molecule has 0 aliphatic carbocycles. The SMILES string of the molecule is CCCCO/N=C/C(C)(C)NC(=O)C(Oc1cc(C)c2ncc(Br)cc2c1)SC. The second-order valence-corrected chi connectivity index (χ2v) is 9.10. The van der Waals surface area contributed by atoms with Gasteiger partial charge in [-0.05, 0) is 73.1 Å². The van der Waals surface area contributed by atoms with E-state index >= 15 is 0 Å².